The largest absolute Gasteiger partial charge is 0.489 e. The number of rotatable bonds is 8. The Morgan fingerprint density at radius 1 is 1.32 bits per heavy atom. The molecule has 0 saturated heterocycles. The molecule has 31 heavy (non-hydrogen) atoms. The van der Waals surface area contributed by atoms with Crippen molar-refractivity contribution >= 4 is 17.3 Å². The van der Waals surface area contributed by atoms with Gasteiger partial charge in [0.1, 0.15) is 18.1 Å². The van der Waals surface area contributed by atoms with Gasteiger partial charge in [-0.3, -0.25) is 9.79 Å². The molecule has 7 nitrogen and oxygen atoms in total. The molecule has 0 aliphatic heterocycles. The lowest BCUT2D eigenvalue weighted by Crippen LogP contribution is -2.40. The van der Waals surface area contributed by atoms with Crippen molar-refractivity contribution in [1.82, 2.24) is 10.3 Å². The number of carbonyl (C=O) groups excluding carboxylic acids is 1. The van der Waals surface area contributed by atoms with Crippen LogP contribution < -0.4 is 15.8 Å². The highest BCUT2D eigenvalue weighted by Gasteiger charge is 2.21. The van der Waals surface area contributed by atoms with Crippen molar-refractivity contribution in [2.24, 2.45) is 10.4 Å². The molecule has 1 aromatic carbocycles. The highest BCUT2D eigenvalue weighted by Crippen LogP contribution is 2.22. The summed E-state index contributed by atoms with van der Waals surface area (Å²) in [5.41, 5.74) is 6.78. The number of aliphatic hydroxyl groups is 1. The number of amides is 1. The number of aromatic nitrogens is 1. The van der Waals surface area contributed by atoms with Gasteiger partial charge in [0.15, 0.2) is 0 Å². The molecule has 0 radical (unpaired) electrons. The lowest BCUT2D eigenvalue weighted by Gasteiger charge is -2.22. The first-order chi connectivity index (χ1) is 14.7. The number of anilines is 1. The Morgan fingerprint density at radius 3 is 2.58 bits per heavy atom. The number of aliphatic hydroxyl groups excluding tert-OH is 1. The number of nitrogens with zero attached hydrogens (tertiary/aromatic N) is 2. The Hall–Kier alpha value is -3.14. The number of alkyl halides is 2. The molecule has 0 fully saturated rings. The molecule has 170 valence electrons. The molecule has 1 amide bonds. The fraction of sp³-hybridized carbons (Fsp3) is 0.381. The lowest BCUT2D eigenvalue weighted by molar-refractivity contribution is -0.115. The Morgan fingerprint density at radius 2 is 2.00 bits per heavy atom. The molecule has 0 bridgehead atoms. The van der Waals surface area contributed by atoms with Crippen LogP contribution in [0.3, 0.4) is 0 Å². The highest BCUT2D eigenvalue weighted by molar-refractivity contribution is 6.46. The quantitative estimate of drug-likeness (QED) is 0.332. The van der Waals surface area contributed by atoms with E-state index >= 15 is 0 Å². The molecule has 10 heteroatoms. The number of pyridine rings is 1. The second kappa shape index (κ2) is 12.5. The fourth-order valence-electron chi connectivity index (χ4n) is 2.32. The summed E-state index contributed by atoms with van der Waals surface area (Å²) in [6.45, 7) is 2.10. The summed E-state index contributed by atoms with van der Waals surface area (Å²) in [6.07, 6.45) is 1.36. The summed E-state index contributed by atoms with van der Waals surface area (Å²) in [7, 11) is 1.49. The van der Waals surface area contributed by atoms with E-state index in [0.29, 0.717) is 22.6 Å². The first-order valence-corrected chi connectivity index (χ1v) is 9.29. The summed E-state index contributed by atoms with van der Waals surface area (Å²) in [4.78, 5) is 20.2. The highest BCUT2D eigenvalue weighted by atomic mass is 19.3. The number of ether oxygens (including phenoxy) is 1. The molecule has 0 aliphatic carbocycles. The maximum absolute atomic E-state index is 13.6. The maximum Gasteiger partial charge on any atom is 0.270 e. The van der Waals surface area contributed by atoms with Crippen molar-refractivity contribution in [3.05, 3.63) is 53.6 Å². The van der Waals surface area contributed by atoms with E-state index in [2.05, 4.69) is 15.3 Å². The predicted molar refractivity (Wildman–Crippen MR) is 113 cm³/mol. The van der Waals surface area contributed by atoms with Gasteiger partial charge in [0.2, 0.25) is 12.9 Å². The number of carbonyl (C=O) groups is 1. The number of nitrogens with one attached hydrogen (secondary N) is 1. The maximum atomic E-state index is 13.6. The molecule has 1 heterocycles. The normalized spacial score (nSPS) is 11.4. The molecule has 0 unspecified atom stereocenters. The van der Waals surface area contributed by atoms with Crippen LogP contribution in [0.15, 0.2) is 41.5 Å². The van der Waals surface area contributed by atoms with Crippen LogP contribution in [0, 0.1) is 11.4 Å². The van der Waals surface area contributed by atoms with Crippen LogP contribution in [0.5, 0.6) is 5.75 Å². The van der Waals surface area contributed by atoms with Gasteiger partial charge in [-0.15, -0.1) is 0 Å². The van der Waals surface area contributed by atoms with Crippen molar-refractivity contribution < 1.29 is 27.8 Å². The van der Waals surface area contributed by atoms with Crippen LogP contribution in [0.1, 0.15) is 25.0 Å². The monoisotopic (exact) mass is 440 g/mol. The van der Waals surface area contributed by atoms with E-state index in [1.165, 1.54) is 13.2 Å². The molecule has 2 aromatic rings. The van der Waals surface area contributed by atoms with E-state index in [4.69, 9.17) is 10.5 Å². The van der Waals surface area contributed by atoms with Gasteiger partial charge < -0.3 is 20.9 Å². The lowest BCUT2D eigenvalue weighted by atomic mass is 9.95. The SMILES string of the molecule is CN=C(C(=O)NCC(C)(C)CO)c1cc(OCc2cccnc2F)ccc1N.FCF. The minimum absolute atomic E-state index is 0.0154. The van der Waals surface area contributed by atoms with E-state index in [1.54, 1.807) is 30.3 Å². The number of halogens is 3. The van der Waals surface area contributed by atoms with Gasteiger partial charge >= 0.3 is 0 Å². The molecular formula is C21H27F3N4O3. The van der Waals surface area contributed by atoms with E-state index < -0.39 is 24.2 Å². The minimum Gasteiger partial charge on any atom is -0.489 e. The van der Waals surface area contributed by atoms with Crippen molar-refractivity contribution in [1.29, 1.82) is 0 Å². The van der Waals surface area contributed by atoms with Gasteiger partial charge in [0.25, 0.3) is 5.91 Å². The van der Waals surface area contributed by atoms with E-state index in [1.807, 2.05) is 13.8 Å². The van der Waals surface area contributed by atoms with E-state index in [0.717, 1.165) is 0 Å². The van der Waals surface area contributed by atoms with Crippen LogP contribution in [0.2, 0.25) is 0 Å². The van der Waals surface area contributed by atoms with Gasteiger partial charge in [-0.1, -0.05) is 13.8 Å². The Bertz CT molecular complexity index is 892. The third kappa shape index (κ3) is 8.25. The van der Waals surface area contributed by atoms with Crippen molar-refractivity contribution in [2.75, 3.05) is 32.9 Å². The Balaban J connectivity index is 0.00000151. The van der Waals surface area contributed by atoms with Crippen molar-refractivity contribution in [3.63, 3.8) is 0 Å². The van der Waals surface area contributed by atoms with Crippen LogP contribution >= 0.6 is 0 Å². The third-order valence-electron chi connectivity index (χ3n) is 4.10. The summed E-state index contributed by atoms with van der Waals surface area (Å²) < 4.78 is 38.5. The van der Waals surface area contributed by atoms with Crippen LogP contribution in [-0.2, 0) is 11.4 Å². The van der Waals surface area contributed by atoms with Gasteiger partial charge in [0, 0.05) is 48.6 Å². The molecule has 1 aromatic heterocycles. The van der Waals surface area contributed by atoms with Crippen LogP contribution in [-0.4, -0.2) is 48.8 Å². The summed E-state index contributed by atoms with van der Waals surface area (Å²) in [6, 6.07) is 8.02. The van der Waals surface area contributed by atoms with E-state index in [9.17, 15) is 23.1 Å². The molecular weight excluding hydrogens is 413 g/mol. The fourth-order valence-corrected chi connectivity index (χ4v) is 2.32. The van der Waals surface area contributed by atoms with Crippen LogP contribution in [0.4, 0.5) is 18.9 Å². The Labute approximate surface area is 179 Å². The predicted octanol–water partition coefficient (Wildman–Crippen LogP) is 2.82. The van der Waals surface area contributed by atoms with Gasteiger partial charge in [-0.2, -0.15) is 4.39 Å². The zero-order valence-corrected chi connectivity index (χ0v) is 17.7. The number of hydrogen-bond donors (Lipinski definition) is 3. The molecule has 0 saturated carbocycles. The van der Waals surface area contributed by atoms with Crippen molar-refractivity contribution in [3.8, 4) is 5.75 Å². The molecule has 0 aliphatic rings. The minimum atomic E-state index is -1.75. The zero-order chi connectivity index (χ0) is 23.4. The van der Waals surface area contributed by atoms with Gasteiger partial charge in [-0.05, 0) is 30.3 Å². The van der Waals surface area contributed by atoms with Gasteiger partial charge in [-0.25, -0.2) is 13.8 Å². The molecule has 0 atom stereocenters. The second-order valence-corrected chi connectivity index (χ2v) is 7.17. The topological polar surface area (TPSA) is 110 Å². The third-order valence-corrected chi connectivity index (χ3v) is 4.10. The number of aliphatic imine (C=N–C) groups is 1. The van der Waals surface area contributed by atoms with Crippen LogP contribution in [0.25, 0.3) is 0 Å². The van der Waals surface area contributed by atoms with E-state index in [-0.39, 0.29) is 25.5 Å². The number of nitrogens with two attached hydrogens (primary N) is 1. The average Bonchev–Trinajstić information content (AvgIpc) is 2.74. The second-order valence-electron chi connectivity index (χ2n) is 7.17. The number of hydrogen-bond acceptors (Lipinski definition) is 6. The number of nitrogen functional groups attached to an aromatic ring is 1. The summed E-state index contributed by atoms with van der Waals surface area (Å²) in [5.74, 6) is -0.594. The average molecular weight is 440 g/mol. The Kier molecular flexibility index (Phi) is 10.5. The molecule has 4 N–H and O–H groups in total. The number of benzene rings is 1. The van der Waals surface area contributed by atoms with Gasteiger partial charge in [0.05, 0.1) is 0 Å². The molecule has 0 spiro atoms. The van der Waals surface area contributed by atoms with Crippen molar-refractivity contribution in [2.45, 2.75) is 20.5 Å². The summed E-state index contributed by atoms with van der Waals surface area (Å²) >= 11 is 0. The standard InChI is InChI=1S/C20H25FN4O3.CH2F2/c1-20(2,12-26)11-25-19(27)17(23-3)15-9-14(6-7-16(15)22)28-10-13-5-4-8-24-18(13)21;2-1-3/h4-9,26H,10-12,22H2,1-3H3,(H,25,27);1H2. The summed E-state index contributed by atoms with van der Waals surface area (Å²) in [5, 5.41) is 12.1. The smallest absolute Gasteiger partial charge is 0.270 e. The zero-order valence-electron chi connectivity index (χ0n) is 17.7. The first kappa shape index (κ1) is 25.9. The molecule has 2 rings (SSSR count). The first-order valence-electron chi connectivity index (χ1n) is 9.29.